The second-order valence-corrected chi connectivity index (χ2v) is 6.52. The summed E-state index contributed by atoms with van der Waals surface area (Å²) in [6, 6.07) is 9.41. The Labute approximate surface area is 162 Å². The standard InChI is InChI=1S/C20H21N7O/c1-13(28-15-7-6-9-21-12-15)11-23-19-17-14(2)26-27(3)20(17)25-18(24-19)16-8-4-5-10-22-16/h4-10,12-13H,11H2,1-3H3,(H,23,24,25)/t13-/m0/s1. The van der Waals surface area contributed by atoms with E-state index in [2.05, 4.69) is 25.4 Å². The van der Waals surface area contributed by atoms with Gasteiger partial charge in [-0.1, -0.05) is 6.07 Å². The molecular formula is C20H21N7O. The molecule has 0 unspecified atom stereocenters. The van der Waals surface area contributed by atoms with Crippen LogP contribution in [-0.4, -0.2) is 42.4 Å². The van der Waals surface area contributed by atoms with E-state index in [1.807, 2.05) is 51.2 Å². The number of nitrogens with one attached hydrogen (secondary N) is 1. The molecule has 4 rings (SSSR count). The molecule has 4 aromatic heterocycles. The summed E-state index contributed by atoms with van der Waals surface area (Å²) < 4.78 is 7.66. The number of hydrogen-bond acceptors (Lipinski definition) is 7. The molecule has 8 nitrogen and oxygen atoms in total. The van der Waals surface area contributed by atoms with E-state index in [9.17, 15) is 0 Å². The van der Waals surface area contributed by atoms with Gasteiger partial charge in [0, 0.05) is 19.4 Å². The zero-order valence-corrected chi connectivity index (χ0v) is 16.0. The summed E-state index contributed by atoms with van der Waals surface area (Å²) in [6.45, 7) is 4.51. The number of aryl methyl sites for hydroxylation is 2. The van der Waals surface area contributed by atoms with Crippen LogP contribution in [-0.2, 0) is 7.05 Å². The first kappa shape index (κ1) is 17.8. The van der Waals surface area contributed by atoms with Gasteiger partial charge in [0.15, 0.2) is 11.5 Å². The van der Waals surface area contributed by atoms with Gasteiger partial charge in [-0.25, -0.2) is 9.97 Å². The van der Waals surface area contributed by atoms with Gasteiger partial charge >= 0.3 is 0 Å². The maximum atomic E-state index is 5.90. The van der Waals surface area contributed by atoms with Crippen molar-refractivity contribution >= 4 is 16.9 Å². The van der Waals surface area contributed by atoms with E-state index in [0.29, 0.717) is 18.1 Å². The van der Waals surface area contributed by atoms with Crippen molar-refractivity contribution in [3.63, 3.8) is 0 Å². The Morgan fingerprint density at radius 2 is 2.04 bits per heavy atom. The monoisotopic (exact) mass is 375 g/mol. The van der Waals surface area contributed by atoms with Crippen LogP contribution in [0.15, 0.2) is 48.9 Å². The molecular weight excluding hydrogens is 354 g/mol. The minimum atomic E-state index is -0.0792. The van der Waals surface area contributed by atoms with Gasteiger partial charge < -0.3 is 10.1 Å². The predicted octanol–water partition coefficient (Wildman–Crippen LogP) is 3.01. The van der Waals surface area contributed by atoms with E-state index in [0.717, 1.165) is 28.3 Å². The fraction of sp³-hybridized carbons (Fsp3) is 0.250. The molecule has 0 saturated heterocycles. The first-order chi connectivity index (χ1) is 13.6. The average Bonchev–Trinajstić information content (AvgIpc) is 3.01. The highest BCUT2D eigenvalue weighted by Gasteiger charge is 2.17. The Balaban J connectivity index is 1.63. The molecule has 4 heterocycles. The van der Waals surface area contributed by atoms with Crippen molar-refractivity contribution in [3.8, 4) is 17.3 Å². The third-order valence-electron chi connectivity index (χ3n) is 4.28. The highest BCUT2D eigenvalue weighted by Crippen LogP contribution is 2.26. The summed E-state index contributed by atoms with van der Waals surface area (Å²) >= 11 is 0. The number of rotatable bonds is 6. The molecule has 0 amide bonds. The van der Waals surface area contributed by atoms with Crippen molar-refractivity contribution in [2.45, 2.75) is 20.0 Å². The number of hydrogen-bond donors (Lipinski definition) is 1. The lowest BCUT2D eigenvalue weighted by molar-refractivity contribution is 0.234. The van der Waals surface area contributed by atoms with Crippen molar-refractivity contribution < 1.29 is 4.74 Å². The van der Waals surface area contributed by atoms with Crippen LogP contribution in [0.3, 0.4) is 0 Å². The van der Waals surface area contributed by atoms with Gasteiger partial charge in [-0.3, -0.25) is 14.6 Å². The molecule has 1 atom stereocenters. The summed E-state index contributed by atoms with van der Waals surface area (Å²) in [4.78, 5) is 17.8. The van der Waals surface area contributed by atoms with Crippen molar-refractivity contribution in [1.82, 2.24) is 29.7 Å². The maximum Gasteiger partial charge on any atom is 0.182 e. The van der Waals surface area contributed by atoms with E-state index in [1.54, 1.807) is 23.3 Å². The Kier molecular flexibility index (Phi) is 4.84. The first-order valence-electron chi connectivity index (χ1n) is 9.05. The molecule has 142 valence electrons. The number of pyridine rings is 2. The molecule has 4 aromatic rings. The summed E-state index contributed by atoms with van der Waals surface area (Å²) in [5, 5.41) is 8.79. The first-order valence-corrected chi connectivity index (χ1v) is 9.05. The van der Waals surface area contributed by atoms with Gasteiger partial charge in [0.1, 0.15) is 23.4 Å². The fourth-order valence-corrected chi connectivity index (χ4v) is 3.01. The summed E-state index contributed by atoms with van der Waals surface area (Å²) in [5.41, 5.74) is 2.34. The topological polar surface area (TPSA) is 90.6 Å². The molecule has 0 aliphatic heterocycles. The minimum absolute atomic E-state index is 0.0792. The van der Waals surface area contributed by atoms with E-state index in [-0.39, 0.29) is 6.10 Å². The fourth-order valence-electron chi connectivity index (χ4n) is 3.01. The quantitative estimate of drug-likeness (QED) is 0.554. The summed E-state index contributed by atoms with van der Waals surface area (Å²) in [6.07, 6.45) is 5.07. The van der Waals surface area contributed by atoms with Crippen LogP contribution in [0.25, 0.3) is 22.6 Å². The van der Waals surface area contributed by atoms with Crippen molar-refractivity contribution in [3.05, 3.63) is 54.6 Å². The Morgan fingerprint density at radius 1 is 1.14 bits per heavy atom. The largest absolute Gasteiger partial charge is 0.487 e. The molecule has 0 saturated carbocycles. The normalized spacial score (nSPS) is 12.1. The number of nitrogens with zero attached hydrogens (tertiary/aromatic N) is 6. The van der Waals surface area contributed by atoms with Crippen LogP contribution in [0.5, 0.6) is 5.75 Å². The molecule has 0 aliphatic rings. The van der Waals surface area contributed by atoms with Gasteiger partial charge in [0.2, 0.25) is 0 Å². The zero-order valence-electron chi connectivity index (χ0n) is 16.0. The SMILES string of the molecule is Cc1nn(C)c2nc(-c3ccccn3)nc(NC[C@H](C)Oc3cccnc3)c12. The molecule has 0 radical (unpaired) electrons. The molecule has 8 heteroatoms. The summed E-state index contributed by atoms with van der Waals surface area (Å²) in [5.74, 6) is 2.01. The van der Waals surface area contributed by atoms with Gasteiger partial charge in [0.05, 0.1) is 23.8 Å². The minimum Gasteiger partial charge on any atom is -0.487 e. The third kappa shape index (κ3) is 3.62. The van der Waals surface area contributed by atoms with Crippen LogP contribution in [0, 0.1) is 6.92 Å². The second-order valence-electron chi connectivity index (χ2n) is 6.52. The van der Waals surface area contributed by atoms with Crippen LogP contribution < -0.4 is 10.1 Å². The lowest BCUT2D eigenvalue weighted by Gasteiger charge is -2.16. The lowest BCUT2D eigenvalue weighted by atomic mass is 10.2. The van der Waals surface area contributed by atoms with E-state index in [1.165, 1.54) is 0 Å². The Bertz CT molecular complexity index is 1080. The van der Waals surface area contributed by atoms with E-state index < -0.39 is 0 Å². The number of aromatic nitrogens is 6. The molecule has 0 spiro atoms. The van der Waals surface area contributed by atoms with Crippen LogP contribution >= 0.6 is 0 Å². The van der Waals surface area contributed by atoms with E-state index in [4.69, 9.17) is 9.72 Å². The second kappa shape index (κ2) is 7.59. The lowest BCUT2D eigenvalue weighted by Crippen LogP contribution is -2.23. The molecule has 0 aliphatic carbocycles. The number of ether oxygens (including phenoxy) is 1. The molecule has 0 fully saturated rings. The van der Waals surface area contributed by atoms with Crippen LogP contribution in [0.4, 0.5) is 5.82 Å². The highest BCUT2D eigenvalue weighted by molar-refractivity contribution is 5.90. The maximum absolute atomic E-state index is 5.90. The Hall–Kier alpha value is -3.55. The molecule has 1 N–H and O–H groups in total. The van der Waals surface area contributed by atoms with Gasteiger partial charge in [-0.2, -0.15) is 5.10 Å². The Morgan fingerprint density at radius 3 is 2.79 bits per heavy atom. The molecule has 28 heavy (non-hydrogen) atoms. The van der Waals surface area contributed by atoms with E-state index >= 15 is 0 Å². The highest BCUT2D eigenvalue weighted by atomic mass is 16.5. The average molecular weight is 375 g/mol. The molecule has 0 aromatic carbocycles. The predicted molar refractivity (Wildman–Crippen MR) is 107 cm³/mol. The number of fused-ring (bicyclic) bond motifs is 1. The van der Waals surface area contributed by atoms with Crippen molar-refractivity contribution in [2.75, 3.05) is 11.9 Å². The zero-order chi connectivity index (χ0) is 19.5. The van der Waals surface area contributed by atoms with Crippen LogP contribution in [0.1, 0.15) is 12.6 Å². The number of anilines is 1. The van der Waals surface area contributed by atoms with Crippen molar-refractivity contribution in [2.24, 2.45) is 7.05 Å². The molecule has 0 bridgehead atoms. The van der Waals surface area contributed by atoms with Gasteiger partial charge in [-0.15, -0.1) is 0 Å². The summed E-state index contributed by atoms with van der Waals surface area (Å²) in [7, 11) is 1.88. The third-order valence-corrected chi connectivity index (χ3v) is 4.28. The van der Waals surface area contributed by atoms with Crippen molar-refractivity contribution in [1.29, 1.82) is 0 Å². The van der Waals surface area contributed by atoms with Gasteiger partial charge in [0.25, 0.3) is 0 Å². The van der Waals surface area contributed by atoms with Crippen LogP contribution in [0.2, 0.25) is 0 Å². The van der Waals surface area contributed by atoms with Gasteiger partial charge in [-0.05, 0) is 38.1 Å². The smallest absolute Gasteiger partial charge is 0.182 e.